The van der Waals surface area contributed by atoms with Crippen LogP contribution in [0.25, 0.3) is 0 Å². The minimum Gasteiger partial charge on any atom is -0.352 e. The van der Waals surface area contributed by atoms with Crippen LogP contribution in [0.15, 0.2) is 24.3 Å². The first kappa shape index (κ1) is 20.8. The van der Waals surface area contributed by atoms with Crippen molar-refractivity contribution in [1.82, 2.24) is 15.1 Å². The van der Waals surface area contributed by atoms with Gasteiger partial charge in [0.25, 0.3) is 5.91 Å². The van der Waals surface area contributed by atoms with Gasteiger partial charge in [-0.3, -0.25) is 14.5 Å². The molecule has 0 bridgehead atoms. The van der Waals surface area contributed by atoms with Gasteiger partial charge in [0.1, 0.15) is 5.82 Å². The number of rotatable bonds is 6. The zero-order chi connectivity index (χ0) is 20.1. The van der Waals surface area contributed by atoms with Gasteiger partial charge in [-0.2, -0.15) is 0 Å². The number of benzene rings is 1. The number of piperazine rings is 1. The van der Waals surface area contributed by atoms with Gasteiger partial charge >= 0.3 is 0 Å². The summed E-state index contributed by atoms with van der Waals surface area (Å²) in [4.78, 5) is 29.7. The molecule has 1 aromatic carbocycles. The molecule has 1 aromatic rings. The molecule has 5 nitrogen and oxygen atoms in total. The minimum absolute atomic E-state index is 0.108. The monoisotopic (exact) mass is 389 g/mol. The molecule has 6 heteroatoms. The van der Waals surface area contributed by atoms with E-state index in [0.717, 1.165) is 19.3 Å². The molecule has 2 unspecified atom stereocenters. The Morgan fingerprint density at radius 1 is 1.18 bits per heavy atom. The molecule has 1 aliphatic heterocycles. The Hall–Kier alpha value is -1.95. The third-order valence-corrected chi connectivity index (χ3v) is 6.18. The van der Waals surface area contributed by atoms with E-state index >= 15 is 0 Å². The summed E-state index contributed by atoms with van der Waals surface area (Å²) in [5, 5.41) is 3.17. The summed E-state index contributed by atoms with van der Waals surface area (Å²) in [5.74, 6) is -0.00574. The molecule has 2 amide bonds. The van der Waals surface area contributed by atoms with Crippen LogP contribution in [-0.2, 0) is 4.79 Å². The Labute approximate surface area is 167 Å². The number of amides is 2. The summed E-state index contributed by atoms with van der Waals surface area (Å²) in [7, 11) is 0. The third-order valence-electron chi connectivity index (χ3n) is 6.18. The first-order valence-electron chi connectivity index (χ1n) is 10.6. The van der Waals surface area contributed by atoms with Gasteiger partial charge in [-0.25, -0.2) is 4.39 Å². The fourth-order valence-electron chi connectivity index (χ4n) is 4.39. The molecule has 0 spiro atoms. The van der Waals surface area contributed by atoms with Crippen molar-refractivity contribution in [2.24, 2.45) is 5.92 Å². The summed E-state index contributed by atoms with van der Waals surface area (Å²) in [5.41, 5.74) is 0.385. The molecule has 3 rings (SSSR count). The summed E-state index contributed by atoms with van der Waals surface area (Å²) in [6.07, 6.45) is 5.49. The van der Waals surface area contributed by atoms with Crippen molar-refractivity contribution in [3.05, 3.63) is 35.6 Å². The molecule has 1 N–H and O–H groups in total. The first-order chi connectivity index (χ1) is 13.5. The molecule has 1 aliphatic carbocycles. The lowest BCUT2D eigenvalue weighted by atomic mass is 9.94. The number of nitrogens with zero attached hydrogens (tertiary/aromatic N) is 2. The van der Waals surface area contributed by atoms with Crippen LogP contribution in [-0.4, -0.2) is 59.9 Å². The van der Waals surface area contributed by atoms with Gasteiger partial charge in [-0.15, -0.1) is 0 Å². The summed E-state index contributed by atoms with van der Waals surface area (Å²) < 4.78 is 13.4. The largest absolute Gasteiger partial charge is 0.352 e. The Morgan fingerprint density at radius 3 is 2.46 bits per heavy atom. The predicted octanol–water partition coefficient (Wildman–Crippen LogP) is 3.06. The second-order valence-corrected chi connectivity index (χ2v) is 8.15. The topological polar surface area (TPSA) is 52.7 Å². The van der Waals surface area contributed by atoms with Crippen molar-refractivity contribution < 1.29 is 14.0 Å². The quantitative estimate of drug-likeness (QED) is 0.814. The Balaban J connectivity index is 1.64. The van der Waals surface area contributed by atoms with Gasteiger partial charge in [0.05, 0.1) is 6.04 Å². The third kappa shape index (κ3) is 4.90. The van der Waals surface area contributed by atoms with Crippen molar-refractivity contribution >= 4 is 11.8 Å². The van der Waals surface area contributed by atoms with Crippen molar-refractivity contribution in [1.29, 1.82) is 0 Å². The summed E-state index contributed by atoms with van der Waals surface area (Å²) >= 11 is 0. The van der Waals surface area contributed by atoms with E-state index in [1.165, 1.54) is 25.0 Å². The number of nitrogens with one attached hydrogen (secondary N) is 1. The molecule has 1 saturated carbocycles. The number of halogens is 1. The molecule has 0 radical (unpaired) electrons. The van der Waals surface area contributed by atoms with Crippen LogP contribution in [0.3, 0.4) is 0 Å². The average Bonchev–Trinajstić information content (AvgIpc) is 3.22. The lowest BCUT2D eigenvalue weighted by Crippen LogP contribution is -2.58. The zero-order valence-corrected chi connectivity index (χ0v) is 17.0. The highest BCUT2D eigenvalue weighted by molar-refractivity contribution is 5.94. The highest BCUT2D eigenvalue weighted by atomic mass is 19.1. The molecule has 154 valence electrons. The van der Waals surface area contributed by atoms with Gasteiger partial charge in [0, 0.05) is 37.8 Å². The fourth-order valence-corrected chi connectivity index (χ4v) is 4.39. The highest BCUT2D eigenvalue weighted by Crippen LogP contribution is 2.31. The van der Waals surface area contributed by atoms with E-state index in [2.05, 4.69) is 17.1 Å². The Morgan fingerprint density at radius 2 is 1.86 bits per heavy atom. The van der Waals surface area contributed by atoms with Crippen LogP contribution in [0, 0.1) is 11.7 Å². The van der Waals surface area contributed by atoms with E-state index in [4.69, 9.17) is 0 Å². The van der Waals surface area contributed by atoms with Gasteiger partial charge in [0.2, 0.25) is 5.91 Å². The maximum Gasteiger partial charge on any atom is 0.254 e. The van der Waals surface area contributed by atoms with Gasteiger partial charge < -0.3 is 10.2 Å². The molecule has 2 aliphatic rings. The number of hydrogen-bond donors (Lipinski definition) is 1. The second-order valence-electron chi connectivity index (χ2n) is 8.15. The van der Waals surface area contributed by atoms with E-state index < -0.39 is 5.82 Å². The van der Waals surface area contributed by atoms with E-state index in [9.17, 15) is 14.0 Å². The smallest absolute Gasteiger partial charge is 0.254 e. The zero-order valence-electron chi connectivity index (χ0n) is 17.0. The van der Waals surface area contributed by atoms with Crippen LogP contribution in [0.2, 0.25) is 0 Å². The molecule has 1 heterocycles. The van der Waals surface area contributed by atoms with Crippen LogP contribution in [0.1, 0.15) is 56.3 Å². The molecule has 0 aromatic heterocycles. The van der Waals surface area contributed by atoms with Crippen LogP contribution >= 0.6 is 0 Å². The maximum absolute atomic E-state index is 13.4. The van der Waals surface area contributed by atoms with E-state index in [1.807, 2.05) is 6.92 Å². The van der Waals surface area contributed by atoms with E-state index in [0.29, 0.717) is 37.7 Å². The van der Waals surface area contributed by atoms with Crippen LogP contribution < -0.4 is 5.32 Å². The van der Waals surface area contributed by atoms with Gasteiger partial charge in [-0.05, 0) is 50.3 Å². The van der Waals surface area contributed by atoms with Crippen LogP contribution in [0.4, 0.5) is 4.39 Å². The van der Waals surface area contributed by atoms with E-state index in [-0.39, 0.29) is 23.9 Å². The molecular formula is C22H32FN3O2. The maximum atomic E-state index is 13.4. The SMILES string of the molecule is CCC(C)NC(=O)C(C1CCCC1)N1CCN(C(=O)c2cccc(F)c2)CC1. The molecular weight excluding hydrogens is 357 g/mol. The lowest BCUT2D eigenvalue weighted by Gasteiger charge is -2.41. The normalized spacial score (nSPS) is 20.8. The summed E-state index contributed by atoms with van der Waals surface area (Å²) in [6.45, 7) is 6.60. The average molecular weight is 390 g/mol. The molecule has 2 atom stereocenters. The van der Waals surface area contributed by atoms with Crippen molar-refractivity contribution in [2.75, 3.05) is 26.2 Å². The Kier molecular flexibility index (Phi) is 7.05. The Bertz CT molecular complexity index is 682. The van der Waals surface area contributed by atoms with E-state index in [1.54, 1.807) is 17.0 Å². The number of carbonyl (C=O) groups excluding carboxylic acids is 2. The number of carbonyl (C=O) groups is 2. The second kappa shape index (κ2) is 9.50. The van der Waals surface area contributed by atoms with Crippen molar-refractivity contribution in [3.63, 3.8) is 0 Å². The van der Waals surface area contributed by atoms with Crippen molar-refractivity contribution in [2.45, 2.75) is 58.0 Å². The van der Waals surface area contributed by atoms with Crippen LogP contribution in [0.5, 0.6) is 0 Å². The fraction of sp³-hybridized carbons (Fsp3) is 0.636. The number of hydrogen-bond acceptors (Lipinski definition) is 3. The molecule has 1 saturated heterocycles. The minimum atomic E-state index is -0.396. The standard InChI is InChI=1S/C22H32FN3O2/c1-3-16(2)24-21(27)20(17-7-4-5-8-17)25-11-13-26(14-12-25)22(28)18-9-6-10-19(23)15-18/h6,9-10,15-17,20H,3-5,7-8,11-14H2,1-2H3,(H,24,27). The van der Waals surface area contributed by atoms with Gasteiger partial charge in [-0.1, -0.05) is 25.8 Å². The summed E-state index contributed by atoms with van der Waals surface area (Å²) in [6, 6.07) is 5.91. The molecule has 28 heavy (non-hydrogen) atoms. The van der Waals surface area contributed by atoms with Crippen molar-refractivity contribution in [3.8, 4) is 0 Å². The van der Waals surface area contributed by atoms with Gasteiger partial charge in [0.15, 0.2) is 0 Å². The highest BCUT2D eigenvalue weighted by Gasteiger charge is 2.37. The predicted molar refractivity (Wildman–Crippen MR) is 108 cm³/mol. The molecule has 2 fully saturated rings. The lowest BCUT2D eigenvalue weighted by molar-refractivity contribution is -0.129. The first-order valence-corrected chi connectivity index (χ1v) is 10.6.